The molecule has 1 unspecified atom stereocenters. The van der Waals surface area contributed by atoms with Crippen molar-refractivity contribution in [1.82, 2.24) is 4.98 Å². The maximum Gasteiger partial charge on any atom is 0.185 e. The zero-order valence-corrected chi connectivity index (χ0v) is 17.0. The molecule has 1 N–H and O–H groups in total. The van der Waals surface area contributed by atoms with Crippen LogP contribution in [0.15, 0.2) is 95.3 Å². The van der Waals surface area contributed by atoms with Gasteiger partial charge in [0.2, 0.25) is 0 Å². The predicted molar refractivity (Wildman–Crippen MR) is 122 cm³/mol. The summed E-state index contributed by atoms with van der Waals surface area (Å²) in [7, 11) is 0. The number of hydrogen-bond acceptors (Lipinski definition) is 5. The molecule has 30 heavy (non-hydrogen) atoms. The van der Waals surface area contributed by atoms with E-state index >= 15 is 0 Å². The van der Waals surface area contributed by atoms with E-state index in [0.717, 1.165) is 33.7 Å². The van der Waals surface area contributed by atoms with E-state index in [9.17, 15) is 4.79 Å². The number of carbonyl (C=O) groups excluding carboxylic acids is 1. The first-order chi connectivity index (χ1) is 14.8. The molecule has 0 amide bonds. The molecule has 0 aliphatic carbocycles. The van der Waals surface area contributed by atoms with Crippen molar-refractivity contribution in [3.63, 3.8) is 0 Å². The highest BCUT2D eigenvalue weighted by molar-refractivity contribution is 7.14. The number of benzene rings is 3. The number of nitrogens with zero attached hydrogens (tertiary/aromatic N) is 2. The number of aromatic nitrogens is 1. The summed E-state index contributed by atoms with van der Waals surface area (Å²) in [5, 5.41) is 5.95. The van der Waals surface area contributed by atoms with Crippen LogP contribution in [-0.2, 0) is 11.2 Å². The van der Waals surface area contributed by atoms with Crippen LogP contribution >= 0.6 is 11.3 Å². The lowest BCUT2D eigenvalue weighted by atomic mass is 9.96. The SMILES string of the molecule is O=C1Cc2ccccc2C(c2ccccc2)=NC1Nc1nc(-c2ccccc2)cs1. The van der Waals surface area contributed by atoms with Gasteiger partial charge in [-0.3, -0.25) is 9.79 Å². The molecule has 2 heterocycles. The first kappa shape index (κ1) is 18.5. The molecular formula is C25H19N3OS. The Balaban J connectivity index is 1.51. The first-order valence-electron chi connectivity index (χ1n) is 9.79. The van der Waals surface area contributed by atoms with E-state index in [-0.39, 0.29) is 5.78 Å². The van der Waals surface area contributed by atoms with Crippen LogP contribution in [0.5, 0.6) is 0 Å². The molecule has 0 spiro atoms. The van der Waals surface area contributed by atoms with Crippen molar-refractivity contribution < 1.29 is 4.79 Å². The number of carbonyl (C=O) groups is 1. The second-order valence-electron chi connectivity index (χ2n) is 7.09. The molecule has 0 radical (unpaired) electrons. The Bertz CT molecular complexity index is 1220. The van der Waals surface area contributed by atoms with E-state index in [1.165, 1.54) is 11.3 Å². The standard InChI is InChI=1S/C25H19N3OS/c29-22-15-19-13-7-8-14-20(19)23(18-11-5-2-6-12-18)27-24(22)28-25-26-21(16-30-25)17-9-3-1-4-10-17/h1-14,16,24H,15H2,(H,26,28). The fourth-order valence-electron chi connectivity index (χ4n) is 3.60. The van der Waals surface area contributed by atoms with Crippen molar-refractivity contribution in [3.05, 3.63) is 107 Å². The number of anilines is 1. The van der Waals surface area contributed by atoms with Crippen LogP contribution in [0.3, 0.4) is 0 Å². The van der Waals surface area contributed by atoms with Crippen LogP contribution in [0, 0.1) is 0 Å². The fraction of sp³-hybridized carbons (Fsp3) is 0.0800. The van der Waals surface area contributed by atoms with Gasteiger partial charge in [0.25, 0.3) is 0 Å². The maximum atomic E-state index is 13.0. The molecule has 4 aromatic rings. The summed E-state index contributed by atoms with van der Waals surface area (Å²) < 4.78 is 0. The summed E-state index contributed by atoms with van der Waals surface area (Å²) in [6.07, 6.45) is -0.340. The summed E-state index contributed by atoms with van der Waals surface area (Å²) in [4.78, 5) is 22.6. The number of hydrogen-bond donors (Lipinski definition) is 1. The van der Waals surface area contributed by atoms with Gasteiger partial charge >= 0.3 is 0 Å². The molecule has 0 bridgehead atoms. The maximum absolute atomic E-state index is 13.0. The van der Waals surface area contributed by atoms with Crippen molar-refractivity contribution in [2.45, 2.75) is 12.6 Å². The monoisotopic (exact) mass is 409 g/mol. The highest BCUT2D eigenvalue weighted by Crippen LogP contribution is 2.27. The third-order valence-corrected chi connectivity index (χ3v) is 5.86. The molecule has 1 aliphatic rings. The van der Waals surface area contributed by atoms with Gasteiger partial charge in [0.1, 0.15) is 0 Å². The average molecular weight is 410 g/mol. The van der Waals surface area contributed by atoms with Gasteiger partial charge in [0, 0.05) is 28.5 Å². The molecular weight excluding hydrogens is 390 g/mol. The van der Waals surface area contributed by atoms with Crippen molar-refractivity contribution >= 4 is 28.0 Å². The van der Waals surface area contributed by atoms with Crippen LogP contribution in [-0.4, -0.2) is 22.6 Å². The Morgan fingerprint density at radius 1 is 0.833 bits per heavy atom. The molecule has 0 saturated carbocycles. The number of aliphatic imine (C=N–C) groups is 1. The smallest absolute Gasteiger partial charge is 0.185 e. The molecule has 146 valence electrons. The minimum atomic E-state index is -0.678. The number of nitrogens with one attached hydrogen (secondary N) is 1. The normalized spacial score (nSPS) is 15.8. The van der Waals surface area contributed by atoms with Crippen LogP contribution in [0.4, 0.5) is 5.13 Å². The molecule has 1 aliphatic heterocycles. The van der Waals surface area contributed by atoms with E-state index in [1.54, 1.807) is 0 Å². The summed E-state index contributed by atoms with van der Waals surface area (Å²) in [5.41, 5.74) is 5.77. The van der Waals surface area contributed by atoms with Gasteiger partial charge in [-0.25, -0.2) is 4.98 Å². The molecule has 3 aromatic carbocycles. The van der Waals surface area contributed by atoms with E-state index in [2.05, 4.69) is 10.3 Å². The topological polar surface area (TPSA) is 54.4 Å². The Morgan fingerprint density at radius 2 is 1.50 bits per heavy atom. The number of Topliss-reactive ketones (excluding diaryl/α,β-unsaturated/α-hetero) is 1. The van der Waals surface area contributed by atoms with E-state index in [4.69, 9.17) is 4.99 Å². The largest absolute Gasteiger partial charge is 0.334 e. The third kappa shape index (κ3) is 3.67. The van der Waals surface area contributed by atoms with Crippen LogP contribution in [0.25, 0.3) is 11.3 Å². The molecule has 0 saturated heterocycles. The quantitative estimate of drug-likeness (QED) is 0.503. The highest BCUT2D eigenvalue weighted by Gasteiger charge is 2.26. The Hall–Kier alpha value is -3.57. The zero-order chi connectivity index (χ0) is 20.3. The summed E-state index contributed by atoms with van der Waals surface area (Å²) >= 11 is 1.48. The summed E-state index contributed by atoms with van der Waals surface area (Å²) in [6, 6.07) is 28.0. The zero-order valence-electron chi connectivity index (χ0n) is 16.2. The lowest BCUT2D eigenvalue weighted by molar-refractivity contribution is -0.118. The second kappa shape index (κ2) is 8.05. The minimum Gasteiger partial charge on any atom is -0.334 e. The Kier molecular flexibility index (Phi) is 4.95. The number of rotatable bonds is 4. The first-order valence-corrected chi connectivity index (χ1v) is 10.7. The van der Waals surface area contributed by atoms with Crippen molar-refractivity contribution in [2.75, 3.05) is 5.32 Å². The highest BCUT2D eigenvalue weighted by atomic mass is 32.1. The lowest BCUT2D eigenvalue weighted by Crippen LogP contribution is -2.28. The Labute approximate surface area is 179 Å². The number of thiazole rings is 1. The van der Waals surface area contributed by atoms with Gasteiger partial charge in [-0.15, -0.1) is 11.3 Å². The third-order valence-electron chi connectivity index (χ3n) is 5.08. The van der Waals surface area contributed by atoms with E-state index in [1.807, 2.05) is 90.3 Å². The van der Waals surface area contributed by atoms with Crippen LogP contribution in [0.1, 0.15) is 16.7 Å². The van der Waals surface area contributed by atoms with Gasteiger partial charge in [0.05, 0.1) is 11.4 Å². The summed E-state index contributed by atoms with van der Waals surface area (Å²) in [5.74, 6) is 0.0323. The van der Waals surface area contributed by atoms with E-state index in [0.29, 0.717) is 11.6 Å². The molecule has 5 rings (SSSR count). The van der Waals surface area contributed by atoms with Crippen LogP contribution < -0.4 is 5.32 Å². The van der Waals surface area contributed by atoms with Gasteiger partial charge < -0.3 is 5.32 Å². The van der Waals surface area contributed by atoms with Gasteiger partial charge in [-0.2, -0.15) is 0 Å². The molecule has 1 aromatic heterocycles. The molecule has 1 atom stereocenters. The van der Waals surface area contributed by atoms with Crippen molar-refractivity contribution in [2.24, 2.45) is 4.99 Å². The van der Waals surface area contributed by atoms with Crippen molar-refractivity contribution in [1.29, 1.82) is 0 Å². The lowest BCUT2D eigenvalue weighted by Gasteiger charge is -2.12. The molecule has 5 heteroatoms. The van der Waals surface area contributed by atoms with Crippen LogP contribution in [0.2, 0.25) is 0 Å². The fourth-order valence-corrected chi connectivity index (χ4v) is 4.34. The van der Waals surface area contributed by atoms with Gasteiger partial charge in [-0.05, 0) is 5.56 Å². The van der Waals surface area contributed by atoms with Gasteiger partial charge in [-0.1, -0.05) is 84.9 Å². The molecule has 0 fully saturated rings. The molecule has 4 nitrogen and oxygen atoms in total. The average Bonchev–Trinajstić information content (AvgIpc) is 3.21. The number of fused-ring (bicyclic) bond motifs is 1. The predicted octanol–water partition coefficient (Wildman–Crippen LogP) is 5.21. The Morgan fingerprint density at radius 3 is 2.27 bits per heavy atom. The van der Waals surface area contributed by atoms with E-state index < -0.39 is 6.17 Å². The second-order valence-corrected chi connectivity index (χ2v) is 7.95. The number of ketones is 1. The van der Waals surface area contributed by atoms with Crippen molar-refractivity contribution in [3.8, 4) is 11.3 Å². The minimum absolute atomic E-state index is 0.0323. The summed E-state index contributed by atoms with van der Waals surface area (Å²) in [6.45, 7) is 0. The van der Waals surface area contributed by atoms with Gasteiger partial charge in [0.15, 0.2) is 17.1 Å².